The maximum absolute atomic E-state index is 6.14. The molecule has 0 aliphatic heterocycles. The third kappa shape index (κ3) is 5.53. The number of hydrogen-bond donors (Lipinski definition) is 1. The third-order valence-corrected chi connectivity index (χ3v) is 2.96. The zero-order valence-corrected chi connectivity index (χ0v) is 11.7. The standard InChI is InChI=1S/C14H22ClNO/c1-14(2,3)6-7-17-10-12-5-4-11(9-16)8-13(12)15/h4-5,8H,6-7,9-10,16H2,1-3H3. The highest BCUT2D eigenvalue weighted by Gasteiger charge is 2.09. The van der Waals surface area contributed by atoms with Crippen LogP contribution in [0.15, 0.2) is 18.2 Å². The quantitative estimate of drug-likeness (QED) is 0.814. The Morgan fingerprint density at radius 1 is 1.29 bits per heavy atom. The van der Waals surface area contributed by atoms with Crippen molar-refractivity contribution in [2.75, 3.05) is 6.61 Å². The molecule has 0 aliphatic rings. The smallest absolute Gasteiger partial charge is 0.0731 e. The molecular weight excluding hydrogens is 234 g/mol. The zero-order valence-electron chi connectivity index (χ0n) is 10.9. The Hall–Kier alpha value is -0.570. The molecule has 0 saturated carbocycles. The minimum Gasteiger partial charge on any atom is -0.377 e. The minimum absolute atomic E-state index is 0.313. The van der Waals surface area contributed by atoms with Crippen molar-refractivity contribution in [3.8, 4) is 0 Å². The molecule has 0 aromatic heterocycles. The van der Waals surface area contributed by atoms with Gasteiger partial charge in [-0.25, -0.2) is 0 Å². The van der Waals surface area contributed by atoms with Gasteiger partial charge in [-0.1, -0.05) is 44.5 Å². The van der Waals surface area contributed by atoms with Crippen LogP contribution >= 0.6 is 11.6 Å². The van der Waals surface area contributed by atoms with E-state index in [0.29, 0.717) is 18.6 Å². The van der Waals surface area contributed by atoms with Gasteiger partial charge in [0.25, 0.3) is 0 Å². The molecule has 0 unspecified atom stereocenters. The molecule has 0 bridgehead atoms. The minimum atomic E-state index is 0.313. The van der Waals surface area contributed by atoms with E-state index in [1.54, 1.807) is 0 Å². The van der Waals surface area contributed by atoms with Crippen molar-refractivity contribution in [3.63, 3.8) is 0 Å². The fourth-order valence-corrected chi connectivity index (χ4v) is 1.65. The van der Waals surface area contributed by atoms with Gasteiger partial charge in [0.2, 0.25) is 0 Å². The Balaban J connectivity index is 2.42. The first-order valence-corrected chi connectivity index (χ1v) is 6.35. The molecule has 0 amide bonds. The molecule has 0 aliphatic carbocycles. The molecule has 0 atom stereocenters. The Morgan fingerprint density at radius 2 is 2.00 bits per heavy atom. The van der Waals surface area contributed by atoms with Crippen molar-refractivity contribution in [2.24, 2.45) is 11.1 Å². The molecule has 0 heterocycles. The van der Waals surface area contributed by atoms with Crippen LogP contribution in [-0.4, -0.2) is 6.61 Å². The summed E-state index contributed by atoms with van der Waals surface area (Å²) in [6.07, 6.45) is 1.05. The highest BCUT2D eigenvalue weighted by molar-refractivity contribution is 6.31. The van der Waals surface area contributed by atoms with Gasteiger partial charge >= 0.3 is 0 Å². The van der Waals surface area contributed by atoms with Gasteiger partial charge in [0.15, 0.2) is 0 Å². The van der Waals surface area contributed by atoms with Crippen LogP contribution in [0, 0.1) is 5.41 Å². The van der Waals surface area contributed by atoms with E-state index in [1.807, 2.05) is 18.2 Å². The summed E-state index contributed by atoms with van der Waals surface area (Å²) in [4.78, 5) is 0. The lowest BCUT2D eigenvalue weighted by atomic mass is 9.93. The number of benzene rings is 1. The van der Waals surface area contributed by atoms with E-state index >= 15 is 0 Å². The monoisotopic (exact) mass is 255 g/mol. The maximum Gasteiger partial charge on any atom is 0.0731 e. The molecule has 2 nitrogen and oxygen atoms in total. The van der Waals surface area contributed by atoms with Crippen LogP contribution < -0.4 is 5.73 Å². The summed E-state index contributed by atoms with van der Waals surface area (Å²) < 4.78 is 5.63. The van der Waals surface area contributed by atoms with Gasteiger partial charge in [-0.15, -0.1) is 0 Å². The normalized spacial score (nSPS) is 11.8. The highest BCUT2D eigenvalue weighted by atomic mass is 35.5. The van der Waals surface area contributed by atoms with E-state index in [2.05, 4.69) is 20.8 Å². The van der Waals surface area contributed by atoms with Crippen LogP contribution in [0.5, 0.6) is 0 Å². The molecule has 2 N–H and O–H groups in total. The molecule has 0 spiro atoms. The zero-order chi connectivity index (χ0) is 12.9. The summed E-state index contributed by atoms with van der Waals surface area (Å²) >= 11 is 6.14. The van der Waals surface area contributed by atoms with E-state index in [4.69, 9.17) is 22.1 Å². The van der Waals surface area contributed by atoms with Gasteiger partial charge in [-0.05, 0) is 29.0 Å². The van der Waals surface area contributed by atoms with Gasteiger partial charge in [0, 0.05) is 18.2 Å². The van der Waals surface area contributed by atoms with Crippen LogP contribution in [0.2, 0.25) is 5.02 Å². The first-order valence-electron chi connectivity index (χ1n) is 5.97. The van der Waals surface area contributed by atoms with Gasteiger partial charge in [-0.2, -0.15) is 0 Å². The summed E-state index contributed by atoms with van der Waals surface area (Å²) in [5, 5.41) is 0.740. The summed E-state index contributed by atoms with van der Waals surface area (Å²) in [5.41, 5.74) is 7.94. The van der Waals surface area contributed by atoms with Crippen LogP contribution in [0.3, 0.4) is 0 Å². The topological polar surface area (TPSA) is 35.2 Å². The van der Waals surface area contributed by atoms with Crippen molar-refractivity contribution in [1.29, 1.82) is 0 Å². The largest absolute Gasteiger partial charge is 0.377 e. The van der Waals surface area contributed by atoms with Crippen LogP contribution in [0.1, 0.15) is 38.3 Å². The number of halogens is 1. The lowest BCUT2D eigenvalue weighted by molar-refractivity contribution is 0.0963. The molecule has 17 heavy (non-hydrogen) atoms. The van der Waals surface area contributed by atoms with Gasteiger partial charge < -0.3 is 10.5 Å². The Labute approximate surface area is 109 Å². The summed E-state index contributed by atoms with van der Waals surface area (Å²) in [6, 6.07) is 5.89. The first kappa shape index (κ1) is 14.5. The van der Waals surface area contributed by atoms with Crippen molar-refractivity contribution >= 4 is 11.6 Å². The van der Waals surface area contributed by atoms with Gasteiger partial charge in [0.05, 0.1) is 6.61 Å². The van der Waals surface area contributed by atoms with Crippen LogP contribution in [-0.2, 0) is 17.9 Å². The maximum atomic E-state index is 6.14. The Bertz CT molecular complexity index is 358. The lowest BCUT2D eigenvalue weighted by Gasteiger charge is -2.17. The van der Waals surface area contributed by atoms with E-state index in [1.165, 1.54) is 0 Å². The average Bonchev–Trinajstić information content (AvgIpc) is 2.24. The molecule has 3 heteroatoms. The SMILES string of the molecule is CC(C)(C)CCOCc1ccc(CN)cc1Cl. The van der Waals surface area contributed by atoms with Crippen molar-refractivity contribution in [2.45, 2.75) is 40.3 Å². The fourth-order valence-electron chi connectivity index (χ4n) is 1.40. The van der Waals surface area contributed by atoms with E-state index < -0.39 is 0 Å². The number of hydrogen-bond acceptors (Lipinski definition) is 2. The number of rotatable bonds is 5. The predicted octanol–water partition coefficient (Wildman–Crippen LogP) is 3.75. The van der Waals surface area contributed by atoms with E-state index in [9.17, 15) is 0 Å². The van der Waals surface area contributed by atoms with E-state index in [-0.39, 0.29) is 0 Å². The van der Waals surface area contributed by atoms with Crippen molar-refractivity contribution in [1.82, 2.24) is 0 Å². The van der Waals surface area contributed by atoms with Crippen LogP contribution in [0.25, 0.3) is 0 Å². The highest BCUT2D eigenvalue weighted by Crippen LogP contribution is 2.21. The Kier molecular flexibility index (Phi) is 5.44. The van der Waals surface area contributed by atoms with E-state index in [0.717, 1.165) is 29.2 Å². The summed E-state index contributed by atoms with van der Waals surface area (Å²) in [5.74, 6) is 0. The molecule has 96 valence electrons. The molecule has 0 fully saturated rings. The van der Waals surface area contributed by atoms with Crippen molar-refractivity contribution < 1.29 is 4.74 Å². The fraction of sp³-hybridized carbons (Fsp3) is 0.571. The molecule has 0 saturated heterocycles. The first-order chi connectivity index (χ1) is 7.92. The average molecular weight is 256 g/mol. The molecule has 1 aromatic carbocycles. The lowest BCUT2D eigenvalue weighted by Crippen LogP contribution is -2.09. The molecule has 1 aromatic rings. The second-order valence-electron chi connectivity index (χ2n) is 5.49. The second-order valence-corrected chi connectivity index (χ2v) is 5.90. The Morgan fingerprint density at radius 3 is 2.53 bits per heavy atom. The van der Waals surface area contributed by atoms with Gasteiger partial charge in [0.1, 0.15) is 0 Å². The third-order valence-electron chi connectivity index (χ3n) is 2.61. The molecular formula is C14H22ClNO. The van der Waals surface area contributed by atoms with Crippen LogP contribution in [0.4, 0.5) is 0 Å². The van der Waals surface area contributed by atoms with Gasteiger partial charge in [-0.3, -0.25) is 0 Å². The molecule has 1 rings (SSSR count). The van der Waals surface area contributed by atoms with Crippen molar-refractivity contribution in [3.05, 3.63) is 34.3 Å². The predicted molar refractivity (Wildman–Crippen MR) is 73.1 cm³/mol. The number of nitrogens with two attached hydrogens (primary N) is 1. The second kappa shape index (κ2) is 6.39. The molecule has 0 radical (unpaired) electrons. The summed E-state index contributed by atoms with van der Waals surface area (Å²) in [6.45, 7) is 8.47. The summed E-state index contributed by atoms with van der Waals surface area (Å²) in [7, 11) is 0. The number of ether oxygens (including phenoxy) is 1.